The maximum Gasteiger partial charge on any atom is 0.161 e. The lowest BCUT2D eigenvalue weighted by Gasteiger charge is -1.90. The van der Waals surface area contributed by atoms with E-state index in [4.69, 9.17) is 10.3 Å². The summed E-state index contributed by atoms with van der Waals surface area (Å²) < 4.78 is 0. The molecular formula is C6H8NO2+. The summed E-state index contributed by atoms with van der Waals surface area (Å²) in [5.41, 5.74) is 1.67. The number of phenols is 1. The Kier molecular flexibility index (Phi) is 1.67. The first-order valence-electron chi connectivity index (χ1n) is 2.59. The Bertz CT molecular complexity index is 183. The molecular weight excluding hydrogens is 118 g/mol. The summed E-state index contributed by atoms with van der Waals surface area (Å²) in [6, 6.07) is 6.27. The molecule has 3 heteroatoms. The van der Waals surface area contributed by atoms with Crippen molar-refractivity contribution in [3.8, 4) is 5.75 Å². The lowest BCUT2D eigenvalue weighted by Crippen LogP contribution is -2.73. The molecule has 4 N–H and O–H groups in total. The smallest absolute Gasteiger partial charge is 0.161 e. The molecule has 0 aromatic heterocycles. The van der Waals surface area contributed by atoms with Crippen LogP contribution in [0.4, 0.5) is 5.69 Å². The molecule has 0 aliphatic carbocycles. The Morgan fingerprint density at radius 3 is 2.11 bits per heavy atom. The largest absolute Gasteiger partial charge is 0.508 e. The van der Waals surface area contributed by atoms with Gasteiger partial charge in [0.25, 0.3) is 0 Å². The summed E-state index contributed by atoms with van der Waals surface area (Å²) in [5, 5.41) is 17.2. The van der Waals surface area contributed by atoms with E-state index in [9.17, 15) is 0 Å². The quantitative estimate of drug-likeness (QED) is 0.281. The first-order chi connectivity index (χ1) is 4.33. The van der Waals surface area contributed by atoms with Crippen LogP contribution in [0.5, 0.6) is 5.75 Å². The summed E-state index contributed by atoms with van der Waals surface area (Å²) in [6.07, 6.45) is 0. The molecule has 0 heterocycles. The lowest BCUT2D eigenvalue weighted by molar-refractivity contribution is -0.825. The third-order valence-corrected chi connectivity index (χ3v) is 1.04. The van der Waals surface area contributed by atoms with E-state index in [0.29, 0.717) is 5.69 Å². The number of rotatable bonds is 1. The molecule has 1 rings (SSSR count). The minimum absolute atomic E-state index is 0.209. The van der Waals surface area contributed by atoms with Gasteiger partial charge < -0.3 is 5.11 Å². The normalized spacial score (nSPS) is 9.44. The molecule has 3 nitrogen and oxygen atoms in total. The second kappa shape index (κ2) is 2.48. The second-order valence-corrected chi connectivity index (χ2v) is 1.72. The average Bonchev–Trinajstić information content (AvgIpc) is 1.90. The summed E-state index contributed by atoms with van der Waals surface area (Å²) in [6.45, 7) is 0. The molecule has 0 fully saturated rings. The third kappa shape index (κ3) is 1.42. The zero-order chi connectivity index (χ0) is 6.69. The fraction of sp³-hybridized carbons (Fsp3) is 0. The summed E-state index contributed by atoms with van der Waals surface area (Å²) in [4.78, 5) is 0. The van der Waals surface area contributed by atoms with Gasteiger partial charge in [-0.25, -0.2) is 5.21 Å². The van der Waals surface area contributed by atoms with E-state index in [1.165, 1.54) is 12.1 Å². The zero-order valence-corrected chi connectivity index (χ0v) is 4.78. The molecule has 0 saturated heterocycles. The van der Waals surface area contributed by atoms with Gasteiger partial charge in [-0.3, -0.25) is 0 Å². The van der Waals surface area contributed by atoms with Crippen LogP contribution < -0.4 is 5.48 Å². The molecule has 0 amide bonds. The first kappa shape index (κ1) is 6.07. The third-order valence-electron chi connectivity index (χ3n) is 1.04. The van der Waals surface area contributed by atoms with Gasteiger partial charge in [0.15, 0.2) is 5.69 Å². The SMILES string of the molecule is O[NH2+]c1ccc(O)cc1. The van der Waals surface area contributed by atoms with Crippen molar-refractivity contribution in [2.45, 2.75) is 0 Å². The molecule has 0 aliphatic heterocycles. The maximum atomic E-state index is 8.76. The predicted molar refractivity (Wildman–Crippen MR) is 31.5 cm³/mol. The molecule has 0 unspecified atom stereocenters. The predicted octanol–water partition coefficient (Wildman–Crippen LogP) is -0.0237. The van der Waals surface area contributed by atoms with E-state index in [0.717, 1.165) is 5.48 Å². The monoisotopic (exact) mass is 126 g/mol. The Morgan fingerprint density at radius 1 is 1.11 bits per heavy atom. The minimum Gasteiger partial charge on any atom is -0.508 e. The van der Waals surface area contributed by atoms with Crippen LogP contribution in [-0.4, -0.2) is 10.3 Å². The molecule has 1 aromatic carbocycles. The highest BCUT2D eigenvalue weighted by atomic mass is 16.5. The number of aromatic hydroxyl groups is 1. The van der Waals surface area contributed by atoms with Gasteiger partial charge >= 0.3 is 0 Å². The van der Waals surface area contributed by atoms with E-state index in [2.05, 4.69) is 0 Å². The number of hydrogen-bond acceptors (Lipinski definition) is 2. The number of phenolic OH excluding ortho intramolecular Hbond substituents is 1. The molecule has 48 valence electrons. The average molecular weight is 126 g/mol. The van der Waals surface area contributed by atoms with Crippen molar-refractivity contribution in [2.75, 3.05) is 0 Å². The highest BCUT2D eigenvalue weighted by Crippen LogP contribution is 2.08. The van der Waals surface area contributed by atoms with E-state index in [-0.39, 0.29) is 5.75 Å². The number of quaternary nitrogens is 1. The Balaban J connectivity index is 2.88. The van der Waals surface area contributed by atoms with E-state index in [1.54, 1.807) is 12.1 Å². The van der Waals surface area contributed by atoms with Gasteiger partial charge in [-0.15, -0.1) is 0 Å². The highest BCUT2D eigenvalue weighted by Gasteiger charge is 1.91. The summed E-state index contributed by atoms with van der Waals surface area (Å²) in [5.74, 6) is 0.209. The van der Waals surface area contributed by atoms with Gasteiger partial charge in [-0.2, -0.15) is 5.48 Å². The van der Waals surface area contributed by atoms with Crippen LogP contribution in [0.2, 0.25) is 0 Å². The fourth-order valence-corrected chi connectivity index (χ4v) is 0.560. The van der Waals surface area contributed by atoms with Gasteiger partial charge in [0.1, 0.15) is 5.75 Å². The Hall–Kier alpha value is -1.06. The fourth-order valence-electron chi connectivity index (χ4n) is 0.560. The van der Waals surface area contributed by atoms with Crippen molar-refractivity contribution >= 4 is 5.69 Å². The van der Waals surface area contributed by atoms with Crippen LogP contribution in [0, 0.1) is 0 Å². The van der Waals surface area contributed by atoms with E-state index < -0.39 is 0 Å². The number of hydrogen-bond donors (Lipinski definition) is 3. The van der Waals surface area contributed by atoms with Crippen LogP contribution in [0.15, 0.2) is 24.3 Å². The van der Waals surface area contributed by atoms with Crippen LogP contribution in [-0.2, 0) is 0 Å². The standard InChI is InChI=1S/C6H7NO2/c8-6-3-1-5(7-9)2-4-6/h1-4,7-9H/p+1. The first-order valence-corrected chi connectivity index (χ1v) is 2.59. The molecule has 1 aromatic rings. The van der Waals surface area contributed by atoms with Crippen molar-refractivity contribution in [1.29, 1.82) is 0 Å². The van der Waals surface area contributed by atoms with Crippen LogP contribution in [0.3, 0.4) is 0 Å². The summed E-state index contributed by atoms with van der Waals surface area (Å²) in [7, 11) is 0. The van der Waals surface area contributed by atoms with Crippen LogP contribution in [0.1, 0.15) is 0 Å². The number of benzene rings is 1. The van der Waals surface area contributed by atoms with Crippen molar-refractivity contribution in [1.82, 2.24) is 0 Å². The van der Waals surface area contributed by atoms with Gasteiger partial charge in [0, 0.05) is 12.1 Å². The zero-order valence-electron chi connectivity index (χ0n) is 4.78. The Morgan fingerprint density at radius 2 is 1.67 bits per heavy atom. The lowest BCUT2D eigenvalue weighted by atomic mass is 10.3. The van der Waals surface area contributed by atoms with Crippen molar-refractivity contribution in [3.63, 3.8) is 0 Å². The molecule has 0 bridgehead atoms. The molecule has 0 aliphatic rings. The van der Waals surface area contributed by atoms with Crippen molar-refractivity contribution < 1.29 is 15.8 Å². The van der Waals surface area contributed by atoms with Crippen LogP contribution in [0.25, 0.3) is 0 Å². The minimum atomic E-state index is 0.209. The second-order valence-electron chi connectivity index (χ2n) is 1.72. The van der Waals surface area contributed by atoms with Gasteiger partial charge in [0.2, 0.25) is 0 Å². The molecule has 9 heavy (non-hydrogen) atoms. The van der Waals surface area contributed by atoms with E-state index in [1.807, 2.05) is 0 Å². The molecule has 0 saturated carbocycles. The number of nitrogens with two attached hydrogens (primary N) is 1. The van der Waals surface area contributed by atoms with Gasteiger partial charge in [-0.05, 0) is 12.1 Å². The summed E-state index contributed by atoms with van der Waals surface area (Å²) >= 11 is 0. The molecule has 0 atom stereocenters. The van der Waals surface area contributed by atoms with E-state index >= 15 is 0 Å². The van der Waals surface area contributed by atoms with Gasteiger partial charge in [-0.1, -0.05) is 0 Å². The maximum absolute atomic E-state index is 8.76. The Labute approximate surface area is 52.5 Å². The topological polar surface area (TPSA) is 57.1 Å². The molecule has 0 radical (unpaired) electrons. The van der Waals surface area contributed by atoms with Crippen molar-refractivity contribution in [2.24, 2.45) is 0 Å². The van der Waals surface area contributed by atoms with Gasteiger partial charge in [0.05, 0.1) is 0 Å². The van der Waals surface area contributed by atoms with Crippen LogP contribution >= 0.6 is 0 Å². The molecule has 0 spiro atoms. The highest BCUT2D eigenvalue weighted by molar-refractivity contribution is 5.33. The van der Waals surface area contributed by atoms with Crippen molar-refractivity contribution in [3.05, 3.63) is 24.3 Å².